The Labute approximate surface area is 134 Å². The highest BCUT2D eigenvalue weighted by molar-refractivity contribution is 6.05. The minimum atomic E-state index is -1.18. The van der Waals surface area contributed by atoms with Crippen LogP contribution in [0.25, 0.3) is 0 Å². The van der Waals surface area contributed by atoms with Crippen molar-refractivity contribution >= 4 is 11.9 Å². The molecule has 2 aromatic rings. The number of ether oxygens (including phenoxy) is 2. The number of methoxy groups -OCH3 is 1. The van der Waals surface area contributed by atoms with Gasteiger partial charge in [0.2, 0.25) is 0 Å². The van der Waals surface area contributed by atoms with Crippen LogP contribution in [-0.2, 0) is 11.3 Å². The molecule has 0 aliphatic rings. The fourth-order valence-corrected chi connectivity index (χ4v) is 2.40. The van der Waals surface area contributed by atoms with Gasteiger partial charge in [0.25, 0.3) is 0 Å². The van der Waals surface area contributed by atoms with Gasteiger partial charge in [0.1, 0.15) is 12.4 Å². The standard InChI is InChI=1S/C18H18O5/c1-11-9-14(23-10-13-7-5-4-6-8-13)12(2)16(17(19)20)15(11)18(21)22-3/h4-9H,10H2,1-3H3,(H,19,20). The summed E-state index contributed by atoms with van der Waals surface area (Å²) in [6.45, 7) is 3.60. The summed E-state index contributed by atoms with van der Waals surface area (Å²) in [6, 6.07) is 11.2. The van der Waals surface area contributed by atoms with Crippen molar-refractivity contribution in [1.82, 2.24) is 0 Å². The second-order valence-electron chi connectivity index (χ2n) is 5.14. The predicted molar refractivity (Wildman–Crippen MR) is 85.0 cm³/mol. The highest BCUT2D eigenvalue weighted by Gasteiger charge is 2.25. The Morgan fingerprint density at radius 2 is 1.74 bits per heavy atom. The van der Waals surface area contributed by atoms with E-state index in [1.165, 1.54) is 7.11 Å². The Balaban J connectivity index is 2.42. The Hall–Kier alpha value is -2.82. The number of carboxylic acid groups (broad SMARTS) is 1. The molecule has 0 heterocycles. The molecule has 5 heteroatoms. The van der Waals surface area contributed by atoms with E-state index in [1.54, 1.807) is 19.9 Å². The maximum atomic E-state index is 11.9. The van der Waals surface area contributed by atoms with Gasteiger partial charge in [-0.1, -0.05) is 30.3 Å². The number of aromatic carboxylic acids is 1. The third kappa shape index (κ3) is 3.51. The lowest BCUT2D eigenvalue weighted by Crippen LogP contribution is -2.15. The van der Waals surface area contributed by atoms with Crippen LogP contribution in [0.5, 0.6) is 5.75 Å². The average Bonchev–Trinajstić information content (AvgIpc) is 2.54. The fraction of sp³-hybridized carbons (Fsp3) is 0.222. The Bertz CT molecular complexity index is 735. The molecule has 0 unspecified atom stereocenters. The van der Waals surface area contributed by atoms with Gasteiger partial charge in [0.15, 0.2) is 0 Å². The monoisotopic (exact) mass is 314 g/mol. The van der Waals surface area contributed by atoms with E-state index in [9.17, 15) is 14.7 Å². The SMILES string of the molecule is COC(=O)c1c(C)cc(OCc2ccccc2)c(C)c1C(=O)O. The van der Waals surface area contributed by atoms with Crippen LogP contribution in [0.1, 0.15) is 37.4 Å². The second-order valence-corrected chi connectivity index (χ2v) is 5.14. The van der Waals surface area contributed by atoms with Gasteiger partial charge in [-0.2, -0.15) is 0 Å². The number of hydrogen-bond acceptors (Lipinski definition) is 4. The maximum absolute atomic E-state index is 11.9. The smallest absolute Gasteiger partial charge is 0.339 e. The summed E-state index contributed by atoms with van der Waals surface area (Å²) in [7, 11) is 1.22. The summed E-state index contributed by atoms with van der Waals surface area (Å²) in [6.07, 6.45) is 0. The Morgan fingerprint density at radius 3 is 2.30 bits per heavy atom. The Kier molecular flexibility index (Phi) is 5.01. The molecule has 2 aromatic carbocycles. The van der Waals surface area contributed by atoms with E-state index in [-0.39, 0.29) is 11.1 Å². The van der Waals surface area contributed by atoms with E-state index in [2.05, 4.69) is 4.74 Å². The van der Waals surface area contributed by atoms with E-state index in [0.717, 1.165) is 5.56 Å². The van der Waals surface area contributed by atoms with Crippen LogP contribution < -0.4 is 4.74 Å². The lowest BCUT2D eigenvalue weighted by molar-refractivity contribution is 0.0581. The van der Waals surface area contributed by atoms with Gasteiger partial charge in [-0.3, -0.25) is 0 Å². The molecule has 0 atom stereocenters. The molecule has 5 nitrogen and oxygen atoms in total. The average molecular weight is 314 g/mol. The third-order valence-electron chi connectivity index (χ3n) is 3.58. The normalized spacial score (nSPS) is 10.2. The van der Waals surface area contributed by atoms with Gasteiger partial charge in [-0.25, -0.2) is 9.59 Å². The molecule has 0 aromatic heterocycles. The number of aryl methyl sites for hydroxylation is 1. The molecule has 0 radical (unpaired) electrons. The number of carbonyl (C=O) groups is 2. The zero-order chi connectivity index (χ0) is 17.0. The Morgan fingerprint density at radius 1 is 1.09 bits per heavy atom. The van der Waals surface area contributed by atoms with Gasteiger partial charge >= 0.3 is 11.9 Å². The van der Waals surface area contributed by atoms with Crippen LogP contribution in [0.15, 0.2) is 36.4 Å². The summed E-state index contributed by atoms with van der Waals surface area (Å²) in [4.78, 5) is 23.5. The molecule has 2 rings (SSSR count). The molecule has 120 valence electrons. The van der Waals surface area contributed by atoms with E-state index in [1.807, 2.05) is 30.3 Å². The topological polar surface area (TPSA) is 72.8 Å². The van der Waals surface area contributed by atoms with E-state index >= 15 is 0 Å². The molecule has 0 saturated carbocycles. The molecule has 23 heavy (non-hydrogen) atoms. The highest BCUT2D eigenvalue weighted by Crippen LogP contribution is 2.29. The van der Waals surface area contributed by atoms with Crippen molar-refractivity contribution in [2.45, 2.75) is 20.5 Å². The first-order valence-corrected chi connectivity index (χ1v) is 7.08. The first-order chi connectivity index (χ1) is 11.0. The van der Waals surface area contributed by atoms with E-state index < -0.39 is 11.9 Å². The van der Waals surface area contributed by atoms with Crippen molar-refractivity contribution in [3.05, 3.63) is 64.2 Å². The maximum Gasteiger partial charge on any atom is 0.339 e. The van der Waals surface area contributed by atoms with E-state index in [4.69, 9.17) is 4.74 Å². The van der Waals surface area contributed by atoms with Gasteiger partial charge in [0, 0.05) is 5.56 Å². The number of carboxylic acids is 1. The summed E-state index contributed by atoms with van der Waals surface area (Å²) in [5.41, 5.74) is 1.85. The predicted octanol–water partition coefficient (Wildman–Crippen LogP) is 3.37. The number of hydrogen-bond donors (Lipinski definition) is 1. The van der Waals surface area contributed by atoms with E-state index in [0.29, 0.717) is 23.5 Å². The minimum absolute atomic E-state index is 0.0598. The van der Waals surface area contributed by atoms with Crippen molar-refractivity contribution in [3.63, 3.8) is 0 Å². The van der Waals surface area contributed by atoms with Gasteiger partial charge < -0.3 is 14.6 Å². The van der Waals surface area contributed by atoms with Crippen molar-refractivity contribution in [2.75, 3.05) is 7.11 Å². The first kappa shape index (κ1) is 16.5. The summed E-state index contributed by atoms with van der Waals surface area (Å²) in [5.74, 6) is -1.41. The fourth-order valence-electron chi connectivity index (χ4n) is 2.40. The van der Waals surface area contributed by atoms with Gasteiger partial charge in [-0.05, 0) is 31.0 Å². The van der Waals surface area contributed by atoms with Gasteiger partial charge in [0.05, 0.1) is 18.2 Å². The molecular formula is C18H18O5. The van der Waals surface area contributed by atoms with Crippen LogP contribution in [-0.4, -0.2) is 24.2 Å². The number of benzene rings is 2. The van der Waals surface area contributed by atoms with Gasteiger partial charge in [-0.15, -0.1) is 0 Å². The third-order valence-corrected chi connectivity index (χ3v) is 3.58. The zero-order valence-electron chi connectivity index (χ0n) is 13.3. The molecule has 0 aliphatic heterocycles. The largest absolute Gasteiger partial charge is 0.489 e. The molecule has 0 bridgehead atoms. The highest BCUT2D eigenvalue weighted by atomic mass is 16.5. The molecule has 0 amide bonds. The van der Waals surface area contributed by atoms with Crippen LogP contribution >= 0.6 is 0 Å². The van der Waals surface area contributed by atoms with Crippen LogP contribution in [0.3, 0.4) is 0 Å². The van der Waals surface area contributed by atoms with Crippen molar-refractivity contribution in [1.29, 1.82) is 0 Å². The number of carbonyl (C=O) groups excluding carboxylic acids is 1. The van der Waals surface area contributed by atoms with Crippen molar-refractivity contribution in [2.24, 2.45) is 0 Å². The second kappa shape index (κ2) is 6.96. The molecule has 1 N–H and O–H groups in total. The molecule has 0 fully saturated rings. The van der Waals surface area contributed by atoms with Crippen molar-refractivity contribution < 1.29 is 24.2 Å². The molecule has 0 saturated heterocycles. The molecule has 0 spiro atoms. The lowest BCUT2D eigenvalue weighted by atomic mass is 9.96. The van der Waals surface area contributed by atoms with Crippen LogP contribution in [0, 0.1) is 13.8 Å². The molecular weight excluding hydrogens is 296 g/mol. The summed E-state index contributed by atoms with van der Waals surface area (Å²) < 4.78 is 10.4. The van der Waals surface area contributed by atoms with Crippen LogP contribution in [0.4, 0.5) is 0 Å². The van der Waals surface area contributed by atoms with Crippen molar-refractivity contribution in [3.8, 4) is 5.75 Å². The number of esters is 1. The lowest BCUT2D eigenvalue weighted by Gasteiger charge is -2.16. The van der Waals surface area contributed by atoms with Crippen LogP contribution in [0.2, 0.25) is 0 Å². The minimum Gasteiger partial charge on any atom is -0.489 e. The first-order valence-electron chi connectivity index (χ1n) is 7.08. The zero-order valence-corrected chi connectivity index (χ0v) is 13.3. The quantitative estimate of drug-likeness (QED) is 0.857. The summed E-state index contributed by atoms with van der Waals surface area (Å²) in [5, 5.41) is 9.46. The molecule has 0 aliphatic carbocycles. The number of rotatable bonds is 5. The summed E-state index contributed by atoms with van der Waals surface area (Å²) >= 11 is 0.